The Morgan fingerprint density at radius 3 is 2.93 bits per heavy atom. The van der Waals surface area contributed by atoms with Crippen molar-refractivity contribution in [2.24, 2.45) is 11.8 Å². The van der Waals surface area contributed by atoms with Crippen LogP contribution in [0.15, 0.2) is 10.8 Å². The Morgan fingerprint density at radius 1 is 1.44 bits per heavy atom. The molecule has 0 saturated carbocycles. The average Bonchev–Trinajstić information content (AvgIpc) is 3.29. The summed E-state index contributed by atoms with van der Waals surface area (Å²) in [5.74, 6) is 0.162. The van der Waals surface area contributed by atoms with Gasteiger partial charge in [0.25, 0.3) is 0 Å². The SMILES string of the molecule is C[C@@H](O)[C@H]1C(=O)N2C(OC(=O)O)=C(S[C@@H]3CN[C@H](CC4CCNC4)C3)C[C@H]12. The predicted molar refractivity (Wildman–Crippen MR) is 99.9 cm³/mol. The van der Waals surface area contributed by atoms with Crippen LogP contribution in [0, 0.1) is 11.8 Å². The highest BCUT2D eigenvalue weighted by atomic mass is 32.2. The Morgan fingerprint density at radius 2 is 2.26 bits per heavy atom. The predicted octanol–water partition coefficient (Wildman–Crippen LogP) is 0.925. The molecule has 3 saturated heterocycles. The average molecular weight is 397 g/mol. The number of rotatable bonds is 6. The molecule has 3 fully saturated rings. The van der Waals surface area contributed by atoms with E-state index < -0.39 is 18.2 Å². The Hall–Kier alpha value is -1.29. The fourth-order valence-electron chi connectivity index (χ4n) is 4.83. The van der Waals surface area contributed by atoms with Crippen molar-refractivity contribution in [1.82, 2.24) is 15.5 Å². The maximum Gasteiger partial charge on any atom is 0.512 e. The van der Waals surface area contributed by atoms with Gasteiger partial charge in [-0.2, -0.15) is 0 Å². The Labute approximate surface area is 162 Å². The van der Waals surface area contributed by atoms with Gasteiger partial charge in [0.05, 0.1) is 18.1 Å². The maximum atomic E-state index is 12.3. The van der Waals surface area contributed by atoms with E-state index in [-0.39, 0.29) is 17.8 Å². The Balaban J connectivity index is 1.40. The first-order chi connectivity index (χ1) is 12.9. The van der Waals surface area contributed by atoms with E-state index in [0.29, 0.717) is 17.7 Å². The monoisotopic (exact) mass is 397 g/mol. The summed E-state index contributed by atoms with van der Waals surface area (Å²) in [6.07, 6.45) is 1.84. The quantitative estimate of drug-likeness (QED) is 0.387. The molecule has 4 aliphatic rings. The zero-order valence-corrected chi connectivity index (χ0v) is 16.2. The van der Waals surface area contributed by atoms with Crippen molar-refractivity contribution in [3.05, 3.63) is 10.8 Å². The number of aliphatic hydroxyl groups excluding tert-OH is 1. The third-order valence-electron chi connectivity index (χ3n) is 6.10. The number of ether oxygens (including phenoxy) is 1. The number of aliphatic hydroxyl groups is 1. The van der Waals surface area contributed by atoms with E-state index in [1.165, 1.54) is 17.7 Å². The van der Waals surface area contributed by atoms with Gasteiger partial charge in [0.2, 0.25) is 11.8 Å². The van der Waals surface area contributed by atoms with Gasteiger partial charge in [-0.15, -0.1) is 11.8 Å². The first-order valence-electron chi connectivity index (χ1n) is 9.70. The molecule has 4 aliphatic heterocycles. The van der Waals surface area contributed by atoms with Crippen LogP contribution in [0.3, 0.4) is 0 Å². The zero-order chi connectivity index (χ0) is 19.1. The number of hydrogen-bond donors (Lipinski definition) is 4. The molecule has 0 aliphatic carbocycles. The molecule has 4 heterocycles. The largest absolute Gasteiger partial charge is 0.512 e. The maximum absolute atomic E-state index is 12.3. The van der Waals surface area contributed by atoms with E-state index in [0.717, 1.165) is 36.9 Å². The molecule has 0 aromatic carbocycles. The highest BCUT2D eigenvalue weighted by Gasteiger charge is 2.57. The lowest BCUT2D eigenvalue weighted by Gasteiger charge is -2.44. The van der Waals surface area contributed by atoms with Crippen LogP contribution in [0.4, 0.5) is 4.79 Å². The minimum atomic E-state index is -1.41. The second-order valence-corrected chi connectivity index (χ2v) is 9.41. The minimum absolute atomic E-state index is 0.155. The normalized spacial score (nSPS) is 36.7. The summed E-state index contributed by atoms with van der Waals surface area (Å²) in [5.41, 5.74) is 0. The van der Waals surface area contributed by atoms with Crippen LogP contribution in [0.5, 0.6) is 0 Å². The van der Waals surface area contributed by atoms with Gasteiger partial charge in [-0.25, -0.2) is 4.79 Å². The van der Waals surface area contributed by atoms with Crippen LogP contribution < -0.4 is 10.6 Å². The van der Waals surface area contributed by atoms with Crippen LogP contribution in [-0.2, 0) is 9.53 Å². The molecule has 150 valence electrons. The molecular formula is C18H27N3O5S. The number of fused-ring (bicyclic) bond motifs is 1. The van der Waals surface area contributed by atoms with Gasteiger partial charge in [-0.1, -0.05) is 0 Å². The van der Waals surface area contributed by atoms with Gasteiger partial charge >= 0.3 is 6.16 Å². The zero-order valence-electron chi connectivity index (χ0n) is 15.4. The number of carboxylic acid groups (broad SMARTS) is 1. The Kier molecular flexibility index (Phi) is 5.37. The summed E-state index contributed by atoms with van der Waals surface area (Å²) < 4.78 is 4.97. The molecule has 0 aromatic heterocycles. The Bertz CT molecular complexity index is 649. The molecule has 0 spiro atoms. The molecule has 0 bridgehead atoms. The van der Waals surface area contributed by atoms with Crippen molar-refractivity contribution in [2.45, 2.75) is 56.0 Å². The van der Waals surface area contributed by atoms with E-state index in [2.05, 4.69) is 10.6 Å². The van der Waals surface area contributed by atoms with Gasteiger partial charge in [-0.3, -0.25) is 9.69 Å². The summed E-state index contributed by atoms with van der Waals surface area (Å²) >= 11 is 1.63. The van der Waals surface area contributed by atoms with E-state index in [1.54, 1.807) is 18.7 Å². The standard InChI is InChI=1S/C18H27N3O5S/c1-9(22)15-13-6-14(17(26-18(24)25)21(13)16(15)23)27-12-5-11(20-8-12)4-10-2-3-19-7-10/h9-13,15,19-20,22H,2-8H2,1H3,(H,24,25)/t9-,10?,11-,12+,13-,15-/m1/s1. The molecular weight excluding hydrogens is 370 g/mol. The molecule has 1 unspecified atom stereocenters. The fraction of sp³-hybridized carbons (Fsp3) is 0.778. The third-order valence-corrected chi connectivity index (χ3v) is 7.41. The van der Waals surface area contributed by atoms with Crippen LogP contribution in [0.1, 0.15) is 32.6 Å². The second-order valence-electron chi connectivity index (χ2n) is 8.02. The molecule has 1 amide bonds. The molecule has 8 nitrogen and oxygen atoms in total. The van der Waals surface area contributed by atoms with Crippen molar-refractivity contribution in [2.75, 3.05) is 19.6 Å². The fourth-order valence-corrected chi connectivity index (χ4v) is 6.25. The molecule has 4 N–H and O–H groups in total. The number of amides is 1. The van der Waals surface area contributed by atoms with E-state index in [9.17, 15) is 14.7 Å². The third kappa shape index (κ3) is 3.70. The van der Waals surface area contributed by atoms with Crippen molar-refractivity contribution >= 4 is 23.8 Å². The van der Waals surface area contributed by atoms with Gasteiger partial charge in [0, 0.05) is 29.2 Å². The highest BCUT2D eigenvalue weighted by Crippen LogP contribution is 2.49. The van der Waals surface area contributed by atoms with Crippen molar-refractivity contribution in [3.63, 3.8) is 0 Å². The smallest absolute Gasteiger partial charge is 0.449 e. The summed E-state index contributed by atoms with van der Waals surface area (Å²) in [4.78, 5) is 25.7. The van der Waals surface area contributed by atoms with Gasteiger partial charge in [0.1, 0.15) is 0 Å². The molecule has 27 heavy (non-hydrogen) atoms. The molecule has 0 aromatic rings. The highest BCUT2D eigenvalue weighted by molar-refractivity contribution is 8.03. The minimum Gasteiger partial charge on any atom is -0.449 e. The molecule has 4 rings (SSSR count). The molecule has 9 heteroatoms. The summed E-state index contributed by atoms with van der Waals surface area (Å²) in [5, 5.41) is 26.3. The number of carbonyl (C=O) groups is 2. The van der Waals surface area contributed by atoms with E-state index >= 15 is 0 Å². The van der Waals surface area contributed by atoms with Crippen molar-refractivity contribution in [1.29, 1.82) is 0 Å². The topological polar surface area (TPSA) is 111 Å². The lowest BCUT2D eigenvalue weighted by atomic mass is 9.84. The summed E-state index contributed by atoms with van der Waals surface area (Å²) in [7, 11) is 0. The van der Waals surface area contributed by atoms with Crippen LogP contribution >= 0.6 is 11.8 Å². The summed E-state index contributed by atoms with van der Waals surface area (Å²) in [6.45, 7) is 4.68. The van der Waals surface area contributed by atoms with Crippen LogP contribution in [0.25, 0.3) is 0 Å². The number of nitrogens with zero attached hydrogens (tertiary/aromatic N) is 1. The number of nitrogens with one attached hydrogen (secondary N) is 2. The lowest BCUT2D eigenvalue weighted by molar-refractivity contribution is -0.160. The van der Waals surface area contributed by atoms with Crippen molar-refractivity contribution in [3.8, 4) is 0 Å². The lowest BCUT2D eigenvalue weighted by Crippen LogP contribution is -2.61. The van der Waals surface area contributed by atoms with Gasteiger partial charge in [-0.05, 0) is 45.2 Å². The van der Waals surface area contributed by atoms with E-state index in [1.807, 2.05) is 0 Å². The molecule has 0 radical (unpaired) electrons. The van der Waals surface area contributed by atoms with Crippen molar-refractivity contribution < 1.29 is 24.5 Å². The molecule has 6 atom stereocenters. The van der Waals surface area contributed by atoms with Crippen LogP contribution in [0.2, 0.25) is 0 Å². The van der Waals surface area contributed by atoms with Gasteiger partial charge in [0.15, 0.2) is 0 Å². The van der Waals surface area contributed by atoms with E-state index in [4.69, 9.17) is 9.84 Å². The summed E-state index contributed by atoms with van der Waals surface area (Å²) in [6, 6.07) is 0.297. The number of hydrogen-bond acceptors (Lipinski definition) is 7. The first-order valence-corrected chi connectivity index (χ1v) is 10.6. The first kappa shape index (κ1) is 19.0. The second kappa shape index (κ2) is 7.62. The van der Waals surface area contributed by atoms with Gasteiger partial charge < -0.3 is 25.6 Å². The number of β-lactam (4-membered cyclic amide) rings is 1. The number of carbonyl (C=O) groups excluding carboxylic acids is 1. The van der Waals surface area contributed by atoms with Crippen LogP contribution in [-0.4, -0.2) is 70.2 Å². The number of thioether (sulfide) groups is 1.